The molecule has 0 aromatic rings. The molecule has 0 radical (unpaired) electrons. The summed E-state index contributed by atoms with van der Waals surface area (Å²) < 4.78 is 41.2. The van der Waals surface area contributed by atoms with Gasteiger partial charge in [-0.3, -0.25) is 24.0 Å². The molecule has 10 atom stereocenters. The van der Waals surface area contributed by atoms with Gasteiger partial charge in [0, 0.05) is 47.0 Å². The van der Waals surface area contributed by atoms with E-state index in [0.29, 0.717) is 5.57 Å². The summed E-state index contributed by atoms with van der Waals surface area (Å²) in [6.45, 7) is 12.4. The zero-order valence-electron chi connectivity index (χ0n) is 25.7. The lowest BCUT2D eigenvalue weighted by Crippen LogP contribution is -2.66. The van der Waals surface area contributed by atoms with E-state index >= 15 is 0 Å². The number of epoxide rings is 1. The SMILES string of the molecule is CC(=O)O[C@H]1[C@H](OC(C)=O)/C(C)=C\[C@@H]2OC(=O)[C@]3(C)O[C@]23[C@@H](OC(C)=O)[C@H]2C(C)=CC[C@H](OC(C)=O)[C@]2(C)[C@H]1OC(C)=O. The minimum Gasteiger partial charge on any atom is -0.461 e. The van der Waals surface area contributed by atoms with Gasteiger partial charge in [0.1, 0.15) is 12.2 Å². The molecule has 13 heteroatoms. The first-order valence-electron chi connectivity index (χ1n) is 14.0. The Labute approximate surface area is 249 Å². The molecule has 0 saturated carbocycles. The number of hydrogen-bond donors (Lipinski definition) is 0. The summed E-state index contributed by atoms with van der Waals surface area (Å²) in [5.41, 5.74) is -3.74. The number of rotatable bonds is 5. The van der Waals surface area contributed by atoms with Crippen LogP contribution in [0.5, 0.6) is 0 Å². The second kappa shape index (κ2) is 11.1. The quantitative estimate of drug-likeness (QED) is 0.193. The van der Waals surface area contributed by atoms with Gasteiger partial charge in [0.15, 0.2) is 35.6 Å². The summed E-state index contributed by atoms with van der Waals surface area (Å²) >= 11 is 0. The van der Waals surface area contributed by atoms with Crippen LogP contribution < -0.4 is 0 Å². The molecule has 2 saturated heterocycles. The van der Waals surface area contributed by atoms with Gasteiger partial charge in [-0.05, 0) is 32.4 Å². The molecule has 1 spiro atoms. The molecule has 0 aromatic heterocycles. The first-order valence-corrected chi connectivity index (χ1v) is 14.0. The second-order valence-electron chi connectivity index (χ2n) is 12.0. The third kappa shape index (κ3) is 5.21. The van der Waals surface area contributed by atoms with Crippen LogP contribution in [-0.2, 0) is 61.9 Å². The summed E-state index contributed by atoms with van der Waals surface area (Å²) in [6.07, 6.45) is -4.28. The molecule has 4 aliphatic rings. The Morgan fingerprint density at radius 3 is 1.81 bits per heavy atom. The monoisotopic (exact) mass is 606 g/mol. The number of carbonyl (C=O) groups is 6. The normalized spacial score (nSPS) is 40.9. The van der Waals surface area contributed by atoms with Crippen LogP contribution >= 0.6 is 0 Å². The lowest BCUT2D eigenvalue weighted by Gasteiger charge is -2.54. The van der Waals surface area contributed by atoms with Crippen molar-refractivity contribution in [3.05, 3.63) is 23.3 Å². The van der Waals surface area contributed by atoms with Crippen LogP contribution in [0.4, 0.5) is 0 Å². The summed E-state index contributed by atoms with van der Waals surface area (Å²) in [4.78, 5) is 76.2. The van der Waals surface area contributed by atoms with Crippen molar-refractivity contribution >= 4 is 35.8 Å². The van der Waals surface area contributed by atoms with Crippen molar-refractivity contribution in [3.8, 4) is 0 Å². The van der Waals surface area contributed by atoms with Gasteiger partial charge in [-0.2, -0.15) is 0 Å². The van der Waals surface area contributed by atoms with Gasteiger partial charge >= 0.3 is 35.8 Å². The Balaban J connectivity index is 2.14. The summed E-state index contributed by atoms with van der Waals surface area (Å²) in [7, 11) is 0. The highest BCUT2D eigenvalue weighted by atomic mass is 16.7. The van der Waals surface area contributed by atoms with Crippen LogP contribution in [0.15, 0.2) is 23.3 Å². The van der Waals surface area contributed by atoms with Gasteiger partial charge < -0.3 is 33.2 Å². The highest BCUT2D eigenvalue weighted by molar-refractivity contribution is 5.89. The van der Waals surface area contributed by atoms with Crippen molar-refractivity contribution in [3.63, 3.8) is 0 Å². The van der Waals surface area contributed by atoms with Crippen LogP contribution in [0.25, 0.3) is 0 Å². The summed E-state index contributed by atoms with van der Waals surface area (Å²) in [5.74, 6) is -5.32. The molecule has 2 heterocycles. The third-order valence-corrected chi connectivity index (χ3v) is 8.92. The van der Waals surface area contributed by atoms with Crippen molar-refractivity contribution in [1.29, 1.82) is 0 Å². The van der Waals surface area contributed by atoms with Gasteiger partial charge in [-0.15, -0.1) is 0 Å². The molecule has 0 N–H and O–H groups in total. The van der Waals surface area contributed by atoms with E-state index in [9.17, 15) is 28.8 Å². The average molecular weight is 607 g/mol. The lowest BCUT2D eigenvalue weighted by molar-refractivity contribution is -0.223. The fourth-order valence-electron chi connectivity index (χ4n) is 7.19. The van der Waals surface area contributed by atoms with E-state index in [1.54, 1.807) is 26.8 Å². The van der Waals surface area contributed by atoms with Crippen LogP contribution in [0.1, 0.15) is 68.7 Å². The van der Waals surface area contributed by atoms with Crippen LogP contribution in [0.2, 0.25) is 0 Å². The number of fused-ring (bicyclic) bond motifs is 1. The molecule has 2 fully saturated rings. The summed E-state index contributed by atoms with van der Waals surface area (Å²) in [6, 6.07) is 0. The molecular formula is C30H38O13. The molecule has 0 aromatic carbocycles. The van der Waals surface area contributed by atoms with E-state index in [0.717, 1.165) is 20.8 Å². The molecular weight excluding hydrogens is 568 g/mol. The average Bonchev–Trinajstić information content (AvgIpc) is 3.46. The first-order chi connectivity index (χ1) is 19.9. The van der Waals surface area contributed by atoms with Crippen LogP contribution in [0.3, 0.4) is 0 Å². The molecule has 236 valence electrons. The van der Waals surface area contributed by atoms with Crippen molar-refractivity contribution in [1.82, 2.24) is 0 Å². The fourth-order valence-corrected chi connectivity index (χ4v) is 7.19. The van der Waals surface area contributed by atoms with E-state index in [1.807, 2.05) is 0 Å². The van der Waals surface area contributed by atoms with E-state index in [-0.39, 0.29) is 12.0 Å². The van der Waals surface area contributed by atoms with Crippen molar-refractivity contribution < 1.29 is 61.9 Å². The Morgan fingerprint density at radius 2 is 1.30 bits per heavy atom. The van der Waals surface area contributed by atoms with Crippen molar-refractivity contribution in [2.75, 3.05) is 0 Å². The minimum absolute atomic E-state index is 0.146. The van der Waals surface area contributed by atoms with E-state index in [2.05, 4.69) is 0 Å². The summed E-state index contributed by atoms with van der Waals surface area (Å²) in [5, 5.41) is 0. The van der Waals surface area contributed by atoms with Gasteiger partial charge in [-0.25, -0.2) is 4.79 Å². The van der Waals surface area contributed by atoms with Gasteiger partial charge in [0.25, 0.3) is 0 Å². The first kappa shape index (κ1) is 32.2. The maximum atomic E-state index is 13.2. The predicted molar refractivity (Wildman–Crippen MR) is 144 cm³/mol. The predicted octanol–water partition coefficient (Wildman–Crippen LogP) is 2.03. The molecule has 0 amide bonds. The molecule has 2 aliphatic carbocycles. The molecule has 2 aliphatic heterocycles. The largest absolute Gasteiger partial charge is 0.461 e. The Kier molecular flexibility index (Phi) is 8.29. The highest BCUT2D eigenvalue weighted by Gasteiger charge is 2.87. The maximum absolute atomic E-state index is 13.2. The second-order valence-corrected chi connectivity index (χ2v) is 12.0. The van der Waals surface area contributed by atoms with Crippen LogP contribution in [-0.4, -0.2) is 83.6 Å². The zero-order valence-corrected chi connectivity index (χ0v) is 25.7. The standard InChI is InChI=1S/C30H38O13/c1-13-10-11-20(37-15(3)31)28(8)22(13)25(40-18(6)34)30-21(42-27(36)29(30,9)43-30)12-14(2)23(38-16(4)32)24(39-17(5)33)26(28)41-19(7)35/h10,12,20-26H,11H2,1-9H3/b14-12-/t20-,21-,22+,23+,24-,25-,26-,28-,29-,30-/m0/s1. The van der Waals surface area contributed by atoms with E-state index in [4.69, 9.17) is 33.2 Å². The number of carbonyl (C=O) groups excluding carboxylic acids is 6. The Hall–Kier alpha value is -3.74. The third-order valence-electron chi connectivity index (χ3n) is 8.92. The molecule has 43 heavy (non-hydrogen) atoms. The zero-order chi connectivity index (χ0) is 32.2. The fraction of sp³-hybridized carbons (Fsp3) is 0.667. The van der Waals surface area contributed by atoms with Crippen molar-refractivity contribution in [2.45, 2.75) is 117 Å². The van der Waals surface area contributed by atoms with Gasteiger partial charge in [0.2, 0.25) is 0 Å². The molecule has 0 unspecified atom stereocenters. The van der Waals surface area contributed by atoms with E-state index < -0.39 is 95.0 Å². The topological polar surface area (TPSA) is 170 Å². The molecule has 13 nitrogen and oxygen atoms in total. The Bertz CT molecular complexity index is 1310. The molecule has 0 bridgehead atoms. The van der Waals surface area contributed by atoms with Gasteiger partial charge in [0.05, 0.1) is 5.41 Å². The van der Waals surface area contributed by atoms with Crippen molar-refractivity contribution in [2.24, 2.45) is 11.3 Å². The number of hydrogen-bond acceptors (Lipinski definition) is 13. The maximum Gasteiger partial charge on any atom is 0.342 e. The smallest absolute Gasteiger partial charge is 0.342 e. The number of esters is 6. The van der Waals surface area contributed by atoms with E-state index in [1.165, 1.54) is 26.8 Å². The van der Waals surface area contributed by atoms with Crippen LogP contribution in [0, 0.1) is 11.3 Å². The lowest BCUT2D eigenvalue weighted by atomic mass is 9.56. The van der Waals surface area contributed by atoms with Gasteiger partial charge in [-0.1, -0.05) is 18.6 Å². The minimum atomic E-state index is -1.56. The highest BCUT2D eigenvalue weighted by Crippen LogP contribution is 2.65. The Morgan fingerprint density at radius 1 is 0.767 bits per heavy atom. The number of ether oxygens (including phenoxy) is 7. The molecule has 4 rings (SSSR count).